The van der Waals surface area contributed by atoms with Crippen LogP contribution in [-0.4, -0.2) is 18.4 Å². The van der Waals surface area contributed by atoms with Crippen LogP contribution in [0.5, 0.6) is 0 Å². The van der Waals surface area contributed by atoms with E-state index in [9.17, 15) is 9.59 Å². The molecule has 0 radical (unpaired) electrons. The fraction of sp³-hybridized carbons (Fsp3) is 0.368. The standard InChI is InChI=1S/C19H21NO3S/c1-2-23-19(22)16(21)17-14-11-7-4-8-12-15(14)18(24-17)20-13-9-5-3-6-10-13/h3,5-6,9-10,20H,2,4,7-8,11-12H2,1H3. The Bertz CT molecular complexity index is 737. The zero-order valence-electron chi connectivity index (χ0n) is 13.8. The molecular formula is C19H21NO3S. The molecule has 0 bridgehead atoms. The number of ether oxygens (including phenoxy) is 1. The lowest BCUT2D eigenvalue weighted by Gasteiger charge is -2.07. The molecular weight excluding hydrogens is 322 g/mol. The Labute approximate surface area is 145 Å². The number of benzene rings is 1. The van der Waals surface area contributed by atoms with Gasteiger partial charge in [0.25, 0.3) is 5.78 Å². The second-order valence-corrected chi connectivity index (χ2v) is 6.84. The Kier molecular flexibility index (Phi) is 5.30. The summed E-state index contributed by atoms with van der Waals surface area (Å²) < 4.78 is 4.91. The molecule has 0 saturated heterocycles. The highest BCUT2D eigenvalue weighted by atomic mass is 32.1. The van der Waals surface area contributed by atoms with Crippen molar-refractivity contribution in [2.75, 3.05) is 11.9 Å². The molecule has 3 rings (SSSR count). The van der Waals surface area contributed by atoms with Crippen LogP contribution in [0.15, 0.2) is 30.3 Å². The van der Waals surface area contributed by atoms with Crippen molar-refractivity contribution in [2.24, 2.45) is 0 Å². The lowest BCUT2D eigenvalue weighted by atomic mass is 10.0. The fourth-order valence-electron chi connectivity index (χ4n) is 3.03. The number of esters is 1. The molecule has 5 heteroatoms. The maximum atomic E-state index is 12.5. The highest BCUT2D eigenvalue weighted by molar-refractivity contribution is 7.19. The Morgan fingerprint density at radius 2 is 1.79 bits per heavy atom. The average molecular weight is 343 g/mol. The molecule has 0 spiro atoms. The Hall–Kier alpha value is -2.14. The van der Waals surface area contributed by atoms with Crippen molar-refractivity contribution in [3.63, 3.8) is 0 Å². The van der Waals surface area contributed by atoms with Gasteiger partial charge in [0, 0.05) is 5.69 Å². The van der Waals surface area contributed by atoms with E-state index < -0.39 is 11.8 Å². The third-order valence-corrected chi connectivity index (χ3v) is 5.36. The molecule has 0 atom stereocenters. The first-order valence-electron chi connectivity index (χ1n) is 8.38. The average Bonchev–Trinajstić information content (AvgIpc) is 2.77. The lowest BCUT2D eigenvalue weighted by Crippen LogP contribution is -2.17. The first kappa shape index (κ1) is 16.7. The summed E-state index contributed by atoms with van der Waals surface area (Å²) >= 11 is 1.38. The van der Waals surface area contributed by atoms with Gasteiger partial charge < -0.3 is 10.1 Å². The number of rotatable bonds is 5. The van der Waals surface area contributed by atoms with Crippen molar-refractivity contribution in [1.29, 1.82) is 0 Å². The van der Waals surface area contributed by atoms with Crippen LogP contribution in [0.4, 0.5) is 10.7 Å². The number of hydrogen-bond acceptors (Lipinski definition) is 5. The van der Waals surface area contributed by atoms with E-state index in [-0.39, 0.29) is 6.61 Å². The Morgan fingerprint density at radius 1 is 1.08 bits per heavy atom. The van der Waals surface area contributed by atoms with Crippen molar-refractivity contribution in [3.05, 3.63) is 46.3 Å². The molecule has 0 fully saturated rings. The molecule has 1 N–H and O–H groups in total. The summed E-state index contributed by atoms with van der Waals surface area (Å²) in [6.45, 7) is 1.93. The number of hydrogen-bond donors (Lipinski definition) is 1. The number of fused-ring (bicyclic) bond motifs is 1. The summed E-state index contributed by atoms with van der Waals surface area (Å²) in [5.41, 5.74) is 3.21. The van der Waals surface area contributed by atoms with Gasteiger partial charge in [0.05, 0.1) is 16.5 Å². The van der Waals surface area contributed by atoms with Crippen LogP contribution in [-0.2, 0) is 22.4 Å². The van der Waals surface area contributed by atoms with Crippen LogP contribution in [0.2, 0.25) is 0 Å². The third kappa shape index (κ3) is 3.51. The number of anilines is 2. The first-order chi connectivity index (χ1) is 11.7. The Morgan fingerprint density at radius 3 is 2.50 bits per heavy atom. The summed E-state index contributed by atoms with van der Waals surface area (Å²) in [4.78, 5) is 24.9. The number of nitrogens with one attached hydrogen (secondary N) is 1. The molecule has 24 heavy (non-hydrogen) atoms. The third-order valence-electron chi connectivity index (χ3n) is 4.17. The topological polar surface area (TPSA) is 55.4 Å². The van der Waals surface area contributed by atoms with Gasteiger partial charge in [-0.1, -0.05) is 24.6 Å². The van der Waals surface area contributed by atoms with E-state index in [0.29, 0.717) is 4.88 Å². The number of carbonyl (C=O) groups is 2. The van der Waals surface area contributed by atoms with Gasteiger partial charge in [0.1, 0.15) is 0 Å². The van der Waals surface area contributed by atoms with Crippen molar-refractivity contribution >= 4 is 33.8 Å². The van der Waals surface area contributed by atoms with Gasteiger partial charge in [-0.3, -0.25) is 4.79 Å². The first-order valence-corrected chi connectivity index (χ1v) is 9.20. The lowest BCUT2D eigenvalue weighted by molar-refractivity contribution is -0.137. The van der Waals surface area contributed by atoms with Gasteiger partial charge >= 0.3 is 5.97 Å². The van der Waals surface area contributed by atoms with E-state index in [2.05, 4.69) is 5.32 Å². The number of carbonyl (C=O) groups excluding carboxylic acids is 2. The second-order valence-electron chi connectivity index (χ2n) is 5.82. The predicted molar refractivity (Wildman–Crippen MR) is 96.3 cm³/mol. The molecule has 4 nitrogen and oxygen atoms in total. The van der Waals surface area contributed by atoms with E-state index >= 15 is 0 Å². The highest BCUT2D eigenvalue weighted by Crippen LogP contribution is 2.39. The van der Waals surface area contributed by atoms with Crippen LogP contribution in [0.3, 0.4) is 0 Å². The van der Waals surface area contributed by atoms with Gasteiger partial charge in [-0.05, 0) is 55.9 Å². The van der Waals surface area contributed by atoms with Crippen LogP contribution >= 0.6 is 11.3 Å². The summed E-state index contributed by atoms with van der Waals surface area (Å²) in [5.74, 6) is -1.27. The van der Waals surface area contributed by atoms with Crippen molar-refractivity contribution in [1.82, 2.24) is 0 Å². The van der Waals surface area contributed by atoms with E-state index in [4.69, 9.17) is 4.74 Å². The van der Waals surface area contributed by atoms with Crippen LogP contribution < -0.4 is 5.32 Å². The summed E-state index contributed by atoms with van der Waals surface area (Å²) in [5, 5.41) is 4.40. The molecule has 0 saturated carbocycles. The second kappa shape index (κ2) is 7.62. The molecule has 1 aromatic heterocycles. The number of Topliss-reactive ketones (excluding diaryl/α,β-unsaturated/α-hetero) is 1. The van der Waals surface area contributed by atoms with E-state index in [0.717, 1.165) is 48.4 Å². The van der Waals surface area contributed by atoms with E-state index in [1.165, 1.54) is 16.9 Å². The van der Waals surface area contributed by atoms with Gasteiger partial charge in [-0.2, -0.15) is 0 Å². The number of para-hydroxylation sites is 1. The van der Waals surface area contributed by atoms with Gasteiger partial charge in [-0.15, -0.1) is 11.3 Å². The minimum atomic E-state index is -0.753. The zero-order valence-corrected chi connectivity index (χ0v) is 14.6. The molecule has 1 aliphatic carbocycles. The molecule has 1 aliphatic rings. The van der Waals surface area contributed by atoms with Gasteiger partial charge in [-0.25, -0.2) is 4.79 Å². The minimum Gasteiger partial charge on any atom is -0.460 e. The smallest absolute Gasteiger partial charge is 0.380 e. The minimum absolute atomic E-state index is 0.216. The van der Waals surface area contributed by atoms with Gasteiger partial charge in [0.15, 0.2) is 0 Å². The Balaban J connectivity index is 1.97. The predicted octanol–water partition coefficient (Wildman–Crippen LogP) is 4.51. The molecule has 1 heterocycles. The monoisotopic (exact) mass is 343 g/mol. The van der Waals surface area contributed by atoms with Crippen molar-refractivity contribution < 1.29 is 14.3 Å². The maximum Gasteiger partial charge on any atom is 0.380 e. The van der Waals surface area contributed by atoms with Crippen LogP contribution in [0.25, 0.3) is 0 Å². The molecule has 0 unspecified atom stereocenters. The maximum absolute atomic E-state index is 12.5. The largest absolute Gasteiger partial charge is 0.460 e. The van der Waals surface area contributed by atoms with E-state index in [1.807, 2.05) is 30.3 Å². The van der Waals surface area contributed by atoms with Crippen molar-refractivity contribution in [2.45, 2.75) is 39.0 Å². The molecule has 0 aliphatic heterocycles. The highest BCUT2D eigenvalue weighted by Gasteiger charge is 2.28. The molecule has 126 valence electrons. The van der Waals surface area contributed by atoms with E-state index in [1.54, 1.807) is 6.92 Å². The molecule has 2 aromatic rings. The summed E-state index contributed by atoms with van der Waals surface area (Å²) in [7, 11) is 0. The number of ketones is 1. The summed E-state index contributed by atoms with van der Waals surface area (Å²) in [6.07, 6.45) is 5.11. The number of thiophene rings is 1. The van der Waals surface area contributed by atoms with Crippen molar-refractivity contribution in [3.8, 4) is 0 Å². The van der Waals surface area contributed by atoms with Gasteiger partial charge in [0.2, 0.25) is 0 Å². The SMILES string of the molecule is CCOC(=O)C(=O)c1sc(Nc2ccccc2)c2c1CCCCC2. The zero-order chi connectivity index (χ0) is 16.9. The molecule has 1 aromatic carbocycles. The quantitative estimate of drug-likeness (QED) is 0.376. The normalized spacial score (nSPS) is 13.7. The fourth-order valence-corrected chi connectivity index (χ4v) is 4.28. The van der Waals surface area contributed by atoms with Crippen LogP contribution in [0, 0.1) is 0 Å². The molecule has 0 amide bonds. The summed E-state index contributed by atoms with van der Waals surface area (Å²) in [6, 6.07) is 9.90. The van der Waals surface area contributed by atoms with Crippen LogP contribution in [0.1, 0.15) is 47.0 Å².